The van der Waals surface area contributed by atoms with E-state index < -0.39 is 17.8 Å². The fourth-order valence-corrected chi connectivity index (χ4v) is 2.78. The predicted octanol–water partition coefficient (Wildman–Crippen LogP) is 2.98. The summed E-state index contributed by atoms with van der Waals surface area (Å²) < 4.78 is 0.872. The molecule has 0 aliphatic heterocycles. The van der Waals surface area contributed by atoms with Crippen LogP contribution in [0.25, 0.3) is 0 Å². The van der Waals surface area contributed by atoms with Crippen molar-refractivity contribution >= 4 is 33.6 Å². The monoisotopic (exact) mass is 340 g/mol. The molecule has 1 saturated carbocycles. The van der Waals surface area contributed by atoms with Crippen molar-refractivity contribution in [2.24, 2.45) is 11.8 Å². The standard InChI is InChI=1S/C14H17BrN2O3/c1-8-6-12(16-7-11(8)15)17-13(18)9-4-2-3-5-10(9)14(19)20/h6-7,9-10H,2-5H2,1H3,(H,19,20)(H,16,17,18). The number of nitrogens with zero attached hydrogens (tertiary/aromatic N) is 1. The molecular formula is C14H17BrN2O3. The number of aromatic nitrogens is 1. The molecule has 1 aromatic rings. The Morgan fingerprint density at radius 3 is 2.60 bits per heavy atom. The van der Waals surface area contributed by atoms with Gasteiger partial charge >= 0.3 is 5.97 Å². The lowest BCUT2D eigenvalue weighted by atomic mass is 9.79. The van der Waals surface area contributed by atoms with Gasteiger partial charge in [0.15, 0.2) is 0 Å². The van der Waals surface area contributed by atoms with Crippen LogP contribution in [-0.2, 0) is 9.59 Å². The van der Waals surface area contributed by atoms with Gasteiger partial charge in [0.2, 0.25) is 5.91 Å². The highest BCUT2D eigenvalue weighted by molar-refractivity contribution is 9.10. The minimum Gasteiger partial charge on any atom is -0.481 e. The number of nitrogens with one attached hydrogen (secondary N) is 1. The summed E-state index contributed by atoms with van der Waals surface area (Å²) in [4.78, 5) is 27.6. The first kappa shape index (κ1) is 15.0. The molecule has 2 unspecified atom stereocenters. The maximum Gasteiger partial charge on any atom is 0.307 e. The van der Waals surface area contributed by atoms with E-state index in [1.165, 1.54) is 0 Å². The lowest BCUT2D eigenvalue weighted by Crippen LogP contribution is -2.36. The van der Waals surface area contributed by atoms with Gasteiger partial charge in [-0.25, -0.2) is 4.98 Å². The number of aliphatic carboxylic acids is 1. The fourth-order valence-electron chi connectivity index (χ4n) is 2.57. The van der Waals surface area contributed by atoms with Gasteiger partial charge in [-0.15, -0.1) is 0 Å². The topological polar surface area (TPSA) is 79.3 Å². The van der Waals surface area contributed by atoms with E-state index in [2.05, 4.69) is 26.2 Å². The number of carbonyl (C=O) groups is 2. The third kappa shape index (κ3) is 3.36. The van der Waals surface area contributed by atoms with Crippen molar-refractivity contribution in [1.29, 1.82) is 0 Å². The molecule has 108 valence electrons. The van der Waals surface area contributed by atoms with Gasteiger partial charge in [-0.2, -0.15) is 0 Å². The van der Waals surface area contributed by atoms with Crippen LogP contribution in [0.5, 0.6) is 0 Å². The van der Waals surface area contributed by atoms with E-state index in [9.17, 15) is 14.7 Å². The van der Waals surface area contributed by atoms with Crippen LogP contribution >= 0.6 is 15.9 Å². The van der Waals surface area contributed by atoms with Crippen molar-refractivity contribution < 1.29 is 14.7 Å². The van der Waals surface area contributed by atoms with E-state index in [-0.39, 0.29) is 5.91 Å². The van der Waals surface area contributed by atoms with Crippen LogP contribution in [0.15, 0.2) is 16.7 Å². The summed E-state index contributed by atoms with van der Waals surface area (Å²) in [6.45, 7) is 1.90. The summed E-state index contributed by atoms with van der Waals surface area (Å²) in [7, 11) is 0. The molecule has 0 radical (unpaired) electrons. The number of pyridine rings is 1. The Morgan fingerprint density at radius 1 is 1.35 bits per heavy atom. The number of rotatable bonds is 3. The van der Waals surface area contributed by atoms with Crippen molar-refractivity contribution in [1.82, 2.24) is 4.98 Å². The van der Waals surface area contributed by atoms with Crippen molar-refractivity contribution in [3.05, 3.63) is 22.3 Å². The highest BCUT2D eigenvalue weighted by atomic mass is 79.9. The van der Waals surface area contributed by atoms with Crippen LogP contribution in [0.4, 0.5) is 5.82 Å². The molecule has 1 fully saturated rings. The molecule has 0 aromatic carbocycles. The van der Waals surface area contributed by atoms with E-state index in [1.54, 1.807) is 12.3 Å². The van der Waals surface area contributed by atoms with Crippen molar-refractivity contribution in [2.75, 3.05) is 5.32 Å². The maximum absolute atomic E-state index is 12.3. The second-order valence-electron chi connectivity index (χ2n) is 5.14. The van der Waals surface area contributed by atoms with Crippen LogP contribution in [0, 0.1) is 18.8 Å². The average molecular weight is 341 g/mol. The molecule has 2 rings (SSSR count). The SMILES string of the molecule is Cc1cc(NC(=O)C2CCCCC2C(=O)O)ncc1Br. The van der Waals surface area contributed by atoms with Crippen LogP contribution in [0.1, 0.15) is 31.2 Å². The average Bonchev–Trinajstić information content (AvgIpc) is 2.43. The summed E-state index contributed by atoms with van der Waals surface area (Å²) in [5, 5.41) is 11.9. The highest BCUT2D eigenvalue weighted by Crippen LogP contribution is 2.31. The molecule has 1 aromatic heterocycles. The minimum atomic E-state index is -0.884. The molecule has 20 heavy (non-hydrogen) atoms. The van der Waals surface area contributed by atoms with E-state index in [0.717, 1.165) is 22.9 Å². The zero-order valence-electron chi connectivity index (χ0n) is 11.2. The number of aryl methyl sites for hydroxylation is 1. The van der Waals surface area contributed by atoms with Crippen molar-refractivity contribution in [3.63, 3.8) is 0 Å². The lowest BCUT2D eigenvalue weighted by molar-refractivity contribution is -0.147. The normalized spacial score (nSPS) is 22.3. The van der Waals surface area contributed by atoms with Crippen molar-refractivity contribution in [2.45, 2.75) is 32.6 Å². The third-order valence-electron chi connectivity index (χ3n) is 3.72. The van der Waals surface area contributed by atoms with Gasteiger partial charge in [-0.05, 0) is 47.3 Å². The van der Waals surface area contributed by atoms with Gasteiger partial charge in [-0.3, -0.25) is 9.59 Å². The molecule has 0 spiro atoms. The Morgan fingerprint density at radius 2 is 2.00 bits per heavy atom. The second-order valence-corrected chi connectivity index (χ2v) is 6.00. The van der Waals surface area contributed by atoms with Crippen LogP contribution in [-0.4, -0.2) is 22.0 Å². The maximum atomic E-state index is 12.3. The number of hydrogen-bond donors (Lipinski definition) is 2. The molecule has 1 aliphatic carbocycles. The highest BCUT2D eigenvalue weighted by Gasteiger charge is 2.35. The number of halogens is 1. The largest absolute Gasteiger partial charge is 0.481 e. The number of anilines is 1. The Hall–Kier alpha value is -1.43. The molecule has 1 heterocycles. The molecule has 2 N–H and O–H groups in total. The first-order chi connectivity index (χ1) is 9.49. The number of hydrogen-bond acceptors (Lipinski definition) is 3. The number of carboxylic acid groups (broad SMARTS) is 1. The number of amides is 1. The molecule has 0 saturated heterocycles. The molecule has 0 bridgehead atoms. The summed E-state index contributed by atoms with van der Waals surface area (Å²) in [5.74, 6) is -1.71. The molecule has 6 heteroatoms. The predicted molar refractivity (Wildman–Crippen MR) is 78.4 cm³/mol. The van der Waals surface area contributed by atoms with Gasteiger partial charge in [0.1, 0.15) is 5.82 Å². The quantitative estimate of drug-likeness (QED) is 0.886. The Labute approximate surface area is 125 Å². The van der Waals surface area contributed by atoms with E-state index in [4.69, 9.17) is 0 Å². The van der Waals surface area contributed by atoms with E-state index >= 15 is 0 Å². The first-order valence-corrected chi connectivity index (χ1v) is 7.44. The number of carbonyl (C=O) groups excluding carboxylic acids is 1. The molecular weight excluding hydrogens is 324 g/mol. The van der Waals surface area contributed by atoms with Crippen molar-refractivity contribution in [3.8, 4) is 0 Å². The number of carboxylic acids is 1. The molecule has 1 amide bonds. The third-order valence-corrected chi connectivity index (χ3v) is 4.55. The smallest absolute Gasteiger partial charge is 0.307 e. The second kappa shape index (κ2) is 6.35. The Kier molecular flexibility index (Phi) is 4.75. The van der Waals surface area contributed by atoms with Crippen LogP contribution in [0.2, 0.25) is 0 Å². The Balaban J connectivity index is 2.09. The Bertz CT molecular complexity index is 533. The minimum absolute atomic E-state index is 0.244. The van der Waals surface area contributed by atoms with E-state index in [1.807, 2.05) is 6.92 Å². The van der Waals surface area contributed by atoms with E-state index in [0.29, 0.717) is 18.7 Å². The van der Waals surface area contributed by atoms with Crippen LogP contribution < -0.4 is 5.32 Å². The first-order valence-electron chi connectivity index (χ1n) is 6.65. The molecule has 2 atom stereocenters. The fraction of sp³-hybridized carbons (Fsp3) is 0.500. The van der Waals surface area contributed by atoms with Gasteiger partial charge in [0, 0.05) is 10.7 Å². The molecule has 5 nitrogen and oxygen atoms in total. The van der Waals surface area contributed by atoms with Gasteiger partial charge in [0.25, 0.3) is 0 Å². The summed E-state index contributed by atoms with van der Waals surface area (Å²) in [5.41, 5.74) is 0.966. The van der Waals surface area contributed by atoms with Gasteiger partial charge in [-0.1, -0.05) is 12.8 Å². The molecule has 1 aliphatic rings. The van der Waals surface area contributed by atoms with Crippen LogP contribution in [0.3, 0.4) is 0 Å². The van der Waals surface area contributed by atoms with Gasteiger partial charge < -0.3 is 10.4 Å². The van der Waals surface area contributed by atoms with Gasteiger partial charge in [0.05, 0.1) is 11.8 Å². The summed E-state index contributed by atoms with van der Waals surface area (Å²) in [6.07, 6.45) is 4.59. The summed E-state index contributed by atoms with van der Waals surface area (Å²) in [6, 6.07) is 1.76. The zero-order valence-corrected chi connectivity index (χ0v) is 12.8. The zero-order chi connectivity index (χ0) is 14.7. The lowest BCUT2D eigenvalue weighted by Gasteiger charge is -2.27. The summed E-state index contributed by atoms with van der Waals surface area (Å²) >= 11 is 3.35.